The molecule has 1 N–H and O–H groups in total. The van der Waals surface area contributed by atoms with Crippen LogP contribution in [0.25, 0.3) is 15.8 Å². The molecule has 2 heterocycles. The summed E-state index contributed by atoms with van der Waals surface area (Å²) in [5, 5.41) is 8.94. The van der Waals surface area contributed by atoms with Crippen LogP contribution in [0.15, 0.2) is 38.2 Å². The third kappa shape index (κ3) is 4.32. The van der Waals surface area contributed by atoms with Gasteiger partial charge in [-0.3, -0.25) is 0 Å². The van der Waals surface area contributed by atoms with Crippen molar-refractivity contribution in [3.63, 3.8) is 0 Å². The second-order valence-electron chi connectivity index (χ2n) is 9.53. The number of nitrogens with zero attached hydrogens (tertiary/aromatic N) is 2. The van der Waals surface area contributed by atoms with Crippen molar-refractivity contribution in [2.45, 2.75) is 33.1 Å². The number of nitrogens with one attached hydrogen (secondary N) is 1. The molecule has 33 heavy (non-hydrogen) atoms. The van der Waals surface area contributed by atoms with Crippen LogP contribution < -0.4 is 5.32 Å². The molecule has 9 heteroatoms. The van der Waals surface area contributed by atoms with Crippen molar-refractivity contribution < 1.29 is 4.79 Å². The summed E-state index contributed by atoms with van der Waals surface area (Å²) in [6, 6.07) is 9.40. The van der Waals surface area contributed by atoms with Gasteiger partial charge >= 0.3 is 228 Å². The van der Waals surface area contributed by atoms with E-state index in [-0.39, 0.29) is 20.4 Å². The van der Waals surface area contributed by atoms with Gasteiger partial charge in [-0.25, -0.2) is 0 Å². The minimum absolute atomic E-state index is 0.0847. The Morgan fingerprint density at radius 3 is 2.67 bits per heavy atom. The molecule has 0 radical (unpaired) electrons. The number of rotatable bonds is 5. The topological polar surface area (TPSA) is 46.9 Å². The molecule has 0 saturated heterocycles. The van der Waals surface area contributed by atoms with Gasteiger partial charge in [-0.2, -0.15) is 0 Å². The monoisotopic (exact) mass is 677 g/mol. The number of carbonyl (C=O) groups excluding carboxylic acids is 1. The SMILES string of the molecule is CC1(C)[C@@H]2CC[C@@H](CNC(=O)c3nn(-c4ccc(Cl)cc4Cl)c(-c4ccc(Br)[se]4)c3Br)[C@H]1C2. The summed E-state index contributed by atoms with van der Waals surface area (Å²) in [5.74, 6) is 1.90. The molecular formula is C24H23Br2Cl2N3OSe. The van der Waals surface area contributed by atoms with Gasteiger partial charge in [-0.15, -0.1) is 0 Å². The number of hydrogen-bond acceptors (Lipinski definition) is 2. The van der Waals surface area contributed by atoms with E-state index in [1.54, 1.807) is 16.8 Å². The number of amides is 1. The summed E-state index contributed by atoms with van der Waals surface area (Å²) < 4.78 is 4.68. The van der Waals surface area contributed by atoms with Crippen molar-refractivity contribution in [3.05, 3.63) is 53.9 Å². The number of halogens is 4. The van der Waals surface area contributed by atoms with Crippen molar-refractivity contribution in [3.8, 4) is 15.8 Å². The van der Waals surface area contributed by atoms with Crippen molar-refractivity contribution in [2.75, 3.05) is 6.54 Å². The molecule has 2 aromatic heterocycles. The molecule has 2 bridgehead atoms. The fraction of sp³-hybridized carbons (Fsp3) is 0.417. The van der Waals surface area contributed by atoms with Crippen molar-refractivity contribution >= 4 is 75.5 Å². The van der Waals surface area contributed by atoms with Crippen LogP contribution in [-0.4, -0.2) is 36.7 Å². The number of hydrogen-bond donors (Lipinski definition) is 1. The molecule has 3 atom stereocenters. The van der Waals surface area contributed by atoms with Gasteiger partial charge in [0.25, 0.3) is 0 Å². The van der Waals surface area contributed by atoms with E-state index in [0.717, 1.165) is 19.4 Å². The molecule has 0 unspecified atom stereocenters. The van der Waals surface area contributed by atoms with Gasteiger partial charge in [0.15, 0.2) is 0 Å². The molecule has 174 valence electrons. The van der Waals surface area contributed by atoms with E-state index in [1.165, 1.54) is 19.3 Å². The van der Waals surface area contributed by atoms with E-state index in [2.05, 4.69) is 57.1 Å². The summed E-state index contributed by atoms with van der Waals surface area (Å²) in [5.41, 5.74) is 2.30. The maximum absolute atomic E-state index is 13.3. The van der Waals surface area contributed by atoms with E-state index in [0.29, 0.717) is 49.7 Å². The molecule has 3 saturated carbocycles. The van der Waals surface area contributed by atoms with Crippen molar-refractivity contribution in [1.29, 1.82) is 0 Å². The van der Waals surface area contributed by atoms with Gasteiger partial charge in [-0.1, -0.05) is 0 Å². The van der Waals surface area contributed by atoms with Crippen LogP contribution >= 0.6 is 55.1 Å². The first-order valence-corrected chi connectivity index (χ1v) is 15.0. The van der Waals surface area contributed by atoms with Crippen LogP contribution in [0.3, 0.4) is 0 Å². The summed E-state index contributed by atoms with van der Waals surface area (Å²) in [4.78, 5) is 13.3. The molecule has 3 fully saturated rings. The number of carbonyl (C=O) groups is 1. The average Bonchev–Trinajstić information content (AvgIpc) is 3.34. The summed E-state index contributed by atoms with van der Waals surface area (Å²) >= 11 is 20.0. The van der Waals surface area contributed by atoms with E-state index in [1.807, 2.05) is 12.1 Å². The first kappa shape index (κ1) is 24.1. The Hall–Kier alpha value is -0.561. The second kappa shape index (κ2) is 9.15. The fourth-order valence-corrected chi connectivity index (χ4v) is 9.61. The molecule has 4 nitrogen and oxygen atoms in total. The molecule has 0 aliphatic heterocycles. The zero-order valence-corrected chi connectivity index (χ0v) is 24.6. The maximum atomic E-state index is 13.3. The molecule has 6 rings (SSSR count). The zero-order chi connectivity index (χ0) is 23.5. The molecule has 3 aliphatic rings. The molecule has 3 aliphatic carbocycles. The van der Waals surface area contributed by atoms with E-state index in [9.17, 15) is 4.79 Å². The predicted molar refractivity (Wildman–Crippen MR) is 142 cm³/mol. The fourth-order valence-electron chi connectivity index (χ4n) is 5.54. The Labute approximate surface area is 226 Å². The van der Waals surface area contributed by atoms with E-state index >= 15 is 0 Å². The van der Waals surface area contributed by atoms with Gasteiger partial charge in [0, 0.05) is 0 Å². The Morgan fingerprint density at radius 1 is 1.24 bits per heavy atom. The van der Waals surface area contributed by atoms with Crippen molar-refractivity contribution in [2.24, 2.45) is 23.2 Å². The van der Waals surface area contributed by atoms with Crippen LogP contribution in [0.2, 0.25) is 10.0 Å². The van der Waals surface area contributed by atoms with Gasteiger partial charge in [-0.05, 0) is 0 Å². The van der Waals surface area contributed by atoms with Crippen LogP contribution in [0.1, 0.15) is 43.6 Å². The van der Waals surface area contributed by atoms with Gasteiger partial charge in [0.1, 0.15) is 0 Å². The third-order valence-electron chi connectivity index (χ3n) is 7.51. The summed E-state index contributed by atoms with van der Waals surface area (Å²) in [6.45, 7) is 5.45. The van der Waals surface area contributed by atoms with Crippen LogP contribution in [-0.2, 0) is 0 Å². The van der Waals surface area contributed by atoms with Gasteiger partial charge < -0.3 is 0 Å². The van der Waals surface area contributed by atoms with Crippen molar-refractivity contribution in [1.82, 2.24) is 15.1 Å². The zero-order valence-electron chi connectivity index (χ0n) is 18.2. The Balaban J connectivity index is 1.46. The summed E-state index contributed by atoms with van der Waals surface area (Å²) in [7, 11) is 0. The standard InChI is InChI=1S/C24H23Br2Cl2N3OSe/c1-24(2)13-4-3-12(15(24)9-13)11-29-23(32)21-20(26)22(18-7-8-19(25)33-18)31(30-21)17-6-5-14(27)10-16(17)28/h5-8,10,12-13,15H,3-4,9,11H2,1-2H3,(H,29,32)/t12-,13+,15+/m0/s1. The van der Waals surface area contributed by atoms with Crippen LogP contribution in [0.4, 0.5) is 0 Å². The van der Waals surface area contributed by atoms with E-state index in [4.69, 9.17) is 28.3 Å². The van der Waals surface area contributed by atoms with E-state index < -0.39 is 0 Å². The number of aromatic nitrogens is 2. The first-order chi connectivity index (χ1) is 15.7. The third-order valence-corrected chi connectivity index (χ3v) is 11.8. The van der Waals surface area contributed by atoms with Gasteiger partial charge in [0.2, 0.25) is 0 Å². The quantitative estimate of drug-likeness (QED) is 0.290. The molecule has 0 spiro atoms. The average molecular weight is 679 g/mol. The Morgan fingerprint density at radius 2 is 2.03 bits per heavy atom. The Kier molecular flexibility index (Phi) is 6.69. The van der Waals surface area contributed by atoms with Crippen LogP contribution in [0.5, 0.6) is 0 Å². The molecule has 1 amide bonds. The summed E-state index contributed by atoms with van der Waals surface area (Å²) in [6.07, 6.45) is 3.75. The Bertz CT molecular complexity index is 1240. The first-order valence-electron chi connectivity index (χ1n) is 10.9. The molecular weight excluding hydrogens is 656 g/mol. The molecule has 3 aromatic rings. The van der Waals surface area contributed by atoms with Gasteiger partial charge in [0.05, 0.1) is 0 Å². The normalized spacial score (nSPS) is 23.3. The molecule has 1 aromatic carbocycles. The van der Waals surface area contributed by atoms with Crippen LogP contribution in [0, 0.1) is 23.2 Å². The minimum atomic E-state index is -0.163. The predicted octanol–water partition coefficient (Wildman–Crippen LogP) is 7.23. The number of benzene rings is 1. The number of fused-ring (bicyclic) bond motifs is 2. The second-order valence-corrected chi connectivity index (χ2v) is 15.5.